The lowest BCUT2D eigenvalue weighted by molar-refractivity contribution is -0.170. The van der Waals surface area contributed by atoms with E-state index in [0.29, 0.717) is 26.2 Å². The number of nitrogens with zero attached hydrogens (tertiary/aromatic N) is 2. The third-order valence-corrected chi connectivity index (χ3v) is 5.22. The number of nitrogens with one attached hydrogen (secondary N) is 1. The summed E-state index contributed by atoms with van der Waals surface area (Å²) < 4.78 is 36.7. The fourth-order valence-electron chi connectivity index (χ4n) is 4.10. The molecule has 4 nitrogen and oxygen atoms in total. The Bertz CT molecular complexity index is 799. The standard InChI is InChI=1S/C20H20F3N3O/c21-20(22,23)24-18(27)13-25-9-11-26(12-10-25)19-16-7-3-1-5-14(16)15-6-2-4-8-17(15)19/h1-8,19H,9-13H2,(H,24,27). The molecule has 1 fully saturated rings. The summed E-state index contributed by atoms with van der Waals surface area (Å²) in [5, 5.41) is 1.06. The second-order valence-electron chi connectivity index (χ2n) is 6.94. The first-order valence-electron chi connectivity index (χ1n) is 8.95. The van der Waals surface area contributed by atoms with Crippen molar-refractivity contribution in [2.45, 2.75) is 12.3 Å². The van der Waals surface area contributed by atoms with Crippen molar-refractivity contribution in [3.8, 4) is 11.1 Å². The molecule has 0 saturated carbocycles. The summed E-state index contributed by atoms with van der Waals surface area (Å²) in [7, 11) is 0. The van der Waals surface area contributed by atoms with Crippen molar-refractivity contribution in [2.75, 3.05) is 32.7 Å². The number of hydrogen-bond donors (Lipinski definition) is 1. The fraction of sp³-hybridized carbons (Fsp3) is 0.350. The van der Waals surface area contributed by atoms with Crippen molar-refractivity contribution < 1.29 is 18.0 Å². The van der Waals surface area contributed by atoms with Crippen LogP contribution < -0.4 is 5.32 Å². The number of piperazine rings is 1. The number of fused-ring (bicyclic) bond motifs is 3. The number of amides is 1. The van der Waals surface area contributed by atoms with Gasteiger partial charge in [0, 0.05) is 26.2 Å². The van der Waals surface area contributed by atoms with Crippen LogP contribution in [0.2, 0.25) is 0 Å². The molecule has 0 bridgehead atoms. The third kappa shape index (κ3) is 3.70. The molecule has 1 aliphatic carbocycles. The van der Waals surface area contributed by atoms with Crippen LogP contribution in [0.15, 0.2) is 48.5 Å². The lowest BCUT2D eigenvalue weighted by Crippen LogP contribution is -2.51. The molecule has 0 atom stereocenters. The zero-order valence-corrected chi connectivity index (χ0v) is 14.7. The van der Waals surface area contributed by atoms with Gasteiger partial charge in [0.05, 0.1) is 12.6 Å². The van der Waals surface area contributed by atoms with Gasteiger partial charge in [-0.05, 0) is 22.3 Å². The summed E-state index contributed by atoms with van der Waals surface area (Å²) in [5.74, 6) is -1.01. The monoisotopic (exact) mass is 375 g/mol. The third-order valence-electron chi connectivity index (χ3n) is 5.22. The summed E-state index contributed by atoms with van der Waals surface area (Å²) in [6.07, 6.45) is -4.67. The highest BCUT2D eigenvalue weighted by Crippen LogP contribution is 2.46. The maximum absolute atomic E-state index is 12.2. The molecule has 1 N–H and O–H groups in total. The maximum Gasteiger partial charge on any atom is 0.484 e. The molecule has 1 heterocycles. The highest BCUT2D eigenvalue weighted by atomic mass is 19.4. The van der Waals surface area contributed by atoms with Crippen molar-refractivity contribution in [3.05, 3.63) is 59.7 Å². The van der Waals surface area contributed by atoms with E-state index in [4.69, 9.17) is 0 Å². The summed E-state index contributed by atoms with van der Waals surface area (Å²) in [6.45, 7) is 2.29. The van der Waals surface area contributed by atoms with Crippen molar-refractivity contribution in [1.82, 2.24) is 15.1 Å². The lowest BCUT2D eigenvalue weighted by Gasteiger charge is -2.38. The van der Waals surface area contributed by atoms with Gasteiger partial charge in [-0.2, -0.15) is 13.2 Å². The van der Waals surface area contributed by atoms with Crippen LogP contribution in [-0.2, 0) is 4.79 Å². The maximum atomic E-state index is 12.2. The van der Waals surface area contributed by atoms with E-state index < -0.39 is 12.2 Å². The summed E-state index contributed by atoms with van der Waals surface area (Å²) in [6, 6.07) is 16.8. The fourth-order valence-corrected chi connectivity index (χ4v) is 4.10. The molecule has 0 unspecified atom stereocenters. The SMILES string of the molecule is O=C(CN1CCN(C2c3ccccc3-c3ccccc32)CC1)NC(F)(F)F. The van der Waals surface area contributed by atoms with Gasteiger partial charge in [0.15, 0.2) is 0 Å². The van der Waals surface area contributed by atoms with Gasteiger partial charge < -0.3 is 0 Å². The number of carbonyl (C=O) groups is 1. The Labute approximate surface area is 155 Å². The molecule has 1 amide bonds. The van der Waals surface area contributed by atoms with Crippen molar-refractivity contribution in [2.24, 2.45) is 0 Å². The van der Waals surface area contributed by atoms with Crippen molar-refractivity contribution in [1.29, 1.82) is 0 Å². The number of hydrogen-bond acceptors (Lipinski definition) is 3. The van der Waals surface area contributed by atoms with Crippen LogP contribution in [0.5, 0.6) is 0 Å². The van der Waals surface area contributed by atoms with Gasteiger partial charge >= 0.3 is 6.30 Å². The van der Waals surface area contributed by atoms with Crippen LogP contribution in [0.25, 0.3) is 11.1 Å². The van der Waals surface area contributed by atoms with Crippen LogP contribution in [0.1, 0.15) is 17.2 Å². The van der Waals surface area contributed by atoms with Crippen LogP contribution in [0, 0.1) is 0 Å². The number of rotatable bonds is 3. The molecule has 2 aliphatic rings. The minimum Gasteiger partial charge on any atom is -0.292 e. The molecule has 0 radical (unpaired) electrons. The number of carbonyl (C=O) groups excluding carboxylic acids is 1. The van der Waals surface area contributed by atoms with Gasteiger partial charge in [0.2, 0.25) is 5.91 Å². The van der Waals surface area contributed by atoms with Crippen molar-refractivity contribution >= 4 is 5.91 Å². The molecular formula is C20H20F3N3O. The Kier molecular flexibility index (Phi) is 4.65. The highest BCUT2D eigenvalue weighted by molar-refractivity contribution is 5.79. The van der Waals surface area contributed by atoms with Crippen LogP contribution >= 0.6 is 0 Å². The summed E-state index contributed by atoms with van der Waals surface area (Å²) >= 11 is 0. The van der Waals surface area contributed by atoms with E-state index in [9.17, 15) is 18.0 Å². The topological polar surface area (TPSA) is 35.6 Å². The molecule has 1 aliphatic heterocycles. The Morgan fingerprint density at radius 1 is 0.926 bits per heavy atom. The van der Waals surface area contributed by atoms with Crippen LogP contribution in [-0.4, -0.2) is 54.7 Å². The lowest BCUT2D eigenvalue weighted by atomic mass is 10.0. The first-order valence-corrected chi connectivity index (χ1v) is 8.95. The van der Waals surface area contributed by atoms with E-state index >= 15 is 0 Å². The number of benzene rings is 2. The Morgan fingerprint density at radius 3 is 1.96 bits per heavy atom. The summed E-state index contributed by atoms with van der Waals surface area (Å²) in [5.41, 5.74) is 5.01. The predicted octanol–water partition coefficient (Wildman–Crippen LogP) is 3.01. The Morgan fingerprint density at radius 2 is 1.44 bits per heavy atom. The van der Waals surface area contributed by atoms with Crippen LogP contribution in [0.3, 0.4) is 0 Å². The quantitative estimate of drug-likeness (QED) is 0.838. The van der Waals surface area contributed by atoms with Crippen LogP contribution in [0.4, 0.5) is 13.2 Å². The largest absolute Gasteiger partial charge is 0.484 e. The van der Waals surface area contributed by atoms with E-state index in [0.717, 1.165) is 5.32 Å². The van der Waals surface area contributed by atoms with E-state index in [1.807, 2.05) is 24.3 Å². The molecule has 1 saturated heterocycles. The normalized spacial score (nSPS) is 18.2. The predicted molar refractivity (Wildman–Crippen MR) is 95.9 cm³/mol. The molecule has 0 aromatic heterocycles. The molecule has 7 heteroatoms. The molecule has 0 spiro atoms. The number of alkyl halides is 3. The Balaban J connectivity index is 1.45. The van der Waals surface area contributed by atoms with E-state index in [-0.39, 0.29) is 12.6 Å². The zero-order chi connectivity index (χ0) is 19.0. The van der Waals surface area contributed by atoms with E-state index in [2.05, 4.69) is 29.2 Å². The molecule has 142 valence electrons. The average molecular weight is 375 g/mol. The van der Waals surface area contributed by atoms with Gasteiger partial charge in [0.1, 0.15) is 0 Å². The Hall–Kier alpha value is -2.38. The summed E-state index contributed by atoms with van der Waals surface area (Å²) in [4.78, 5) is 15.6. The van der Waals surface area contributed by atoms with E-state index in [1.54, 1.807) is 4.90 Å². The molecular weight excluding hydrogens is 355 g/mol. The molecule has 27 heavy (non-hydrogen) atoms. The second-order valence-corrected chi connectivity index (χ2v) is 6.94. The minimum atomic E-state index is -4.67. The first kappa shape index (κ1) is 18.0. The molecule has 4 rings (SSSR count). The molecule has 2 aromatic carbocycles. The zero-order valence-electron chi connectivity index (χ0n) is 14.7. The van der Waals surface area contributed by atoms with Gasteiger partial charge in [-0.1, -0.05) is 48.5 Å². The highest BCUT2D eigenvalue weighted by Gasteiger charge is 2.35. The van der Waals surface area contributed by atoms with Gasteiger partial charge in [0.25, 0.3) is 0 Å². The van der Waals surface area contributed by atoms with Crippen molar-refractivity contribution in [3.63, 3.8) is 0 Å². The van der Waals surface area contributed by atoms with Gasteiger partial charge in [-0.3, -0.25) is 19.9 Å². The number of halogens is 3. The smallest absolute Gasteiger partial charge is 0.292 e. The average Bonchev–Trinajstić information content (AvgIpc) is 2.95. The minimum absolute atomic E-state index is 0.156. The first-order chi connectivity index (χ1) is 12.9. The van der Waals surface area contributed by atoms with Gasteiger partial charge in [-0.15, -0.1) is 0 Å². The van der Waals surface area contributed by atoms with Gasteiger partial charge in [-0.25, -0.2) is 0 Å². The molecule has 2 aromatic rings. The van der Waals surface area contributed by atoms with E-state index in [1.165, 1.54) is 22.3 Å². The second kappa shape index (κ2) is 6.98.